The maximum absolute atomic E-state index is 5.93. The van der Waals surface area contributed by atoms with Gasteiger partial charge in [-0.05, 0) is 17.7 Å². The molecule has 17 heavy (non-hydrogen) atoms. The van der Waals surface area contributed by atoms with Gasteiger partial charge >= 0.3 is 0 Å². The van der Waals surface area contributed by atoms with Gasteiger partial charge in [0.05, 0.1) is 22.8 Å². The van der Waals surface area contributed by atoms with Crippen LogP contribution in [0.25, 0.3) is 0 Å². The molecule has 0 fully saturated rings. The fourth-order valence-corrected chi connectivity index (χ4v) is 1.75. The summed E-state index contributed by atoms with van der Waals surface area (Å²) in [5.74, 6) is 0. The molecule has 0 saturated carbocycles. The number of nitrogens with one attached hydrogen (secondary N) is 1. The fourth-order valence-electron chi connectivity index (χ4n) is 1.43. The molecule has 0 atom stereocenters. The molecule has 0 saturated heterocycles. The lowest BCUT2D eigenvalue weighted by atomic mass is 10.2. The van der Waals surface area contributed by atoms with E-state index < -0.39 is 0 Å². The predicted octanol–water partition coefficient (Wildman–Crippen LogP) is 2.37. The standard InChI is InChI=1S/C11H12Cl2N4/c12-10-2-1-9(7-11(10)13)8-14-3-5-17-6-4-15-16-17/h1-2,4,6-7,14H,3,5,8H2. The second-order valence-corrected chi connectivity index (χ2v) is 4.41. The Labute approximate surface area is 110 Å². The number of hydrogen-bond acceptors (Lipinski definition) is 3. The van der Waals surface area contributed by atoms with E-state index in [-0.39, 0.29) is 0 Å². The molecule has 4 nitrogen and oxygen atoms in total. The summed E-state index contributed by atoms with van der Waals surface area (Å²) >= 11 is 11.8. The highest BCUT2D eigenvalue weighted by Gasteiger charge is 1.99. The average Bonchev–Trinajstić information content (AvgIpc) is 2.82. The zero-order chi connectivity index (χ0) is 12.1. The van der Waals surface area contributed by atoms with Crippen LogP contribution in [-0.2, 0) is 13.1 Å². The third-order valence-corrected chi connectivity index (χ3v) is 3.04. The minimum atomic E-state index is 0.582. The van der Waals surface area contributed by atoms with Gasteiger partial charge in [-0.3, -0.25) is 4.68 Å². The normalized spacial score (nSPS) is 10.7. The van der Waals surface area contributed by atoms with Gasteiger partial charge < -0.3 is 5.32 Å². The summed E-state index contributed by atoms with van der Waals surface area (Å²) < 4.78 is 1.78. The van der Waals surface area contributed by atoms with Crippen molar-refractivity contribution in [1.82, 2.24) is 20.3 Å². The molecule has 1 N–H and O–H groups in total. The van der Waals surface area contributed by atoms with Crippen LogP contribution in [0.2, 0.25) is 10.0 Å². The van der Waals surface area contributed by atoms with Crippen LogP contribution >= 0.6 is 23.2 Å². The minimum Gasteiger partial charge on any atom is -0.311 e. The molecular weight excluding hydrogens is 259 g/mol. The second-order valence-electron chi connectivity index (χ2n) is 3.59. The first-order chi connectivity index (χ1) is 8.25. The smallest absolute Gasteiger partial charge is 0.0692 e. The lowest BCUT2D eigenvalue weighted by Crippen LogP contribution is -2.19. The van der Waals surface area contributed by atoms with Gasteiger partial charge in [-0.1, -0.05) is 34.5 Å². The molecule has 90 valence electrons. The maximum atomic E-state index is 5.93. The van der Waals surface area contributed by atoms with E-state index in [9.17, 15) is 0 Å². The molecule has 1 aromatic heterocycles. The highest BCUT2D eigenvalue weighted by Crippen LogP contribution is 2.22. The Bertz CT molecular complexity index is 470. The van der Waals surface area contributed by atoms with Crippen molar-refractivity contribution in [3.63, 3.8) is 0 Å². The van der Waals surface area contributed by atoms with Crippen molar-refractivity contribution < 1.29 is 0 Å². The van der Waals surface area contributed by atoms with E-state index in [1.807, 2.05) is 18.3 Å². The molecule has 0 amide bonds. The molecule has 0 aliphatic carbocycles. The number of hydrogen-bond donors (Lipinski definition) is 1. The zero-order valence-corrected chi connectivity index (χ0v) is 10.6. The zero-order valence-electron chi connectivity index (χ0n) is 9.11. The Morgan fingerprint density at radius 1 is 1.24 bits per heavy atom. The van der Waals surface area contributed by atoms with Crippen molar-refractivity contribution in [1.29, 1.82) is 0 Å². The third kappa shape index (κ3) is 3.70. The van der Waals surface area contributed by atoms with Crippen molar-refractivity contribution in [2.45, 2.75) is 13.1 Å². The Balaban J connectivity index is 1.76. The summed E-state index contributed by atoms with van der Waals surface area (Å²) in [7, 11) is 0. The molecule has 0 aliphatic rings. The Morgan fingerprint density at radius 2 is 2.12 bits per heavy atom. The molecule has 0 spiro atoms. The van der Waals surface area contributed by atoms with Crippen LogP contribution in [0.1, 0.15) is 5.56 Å². The molecule has 1 aromatic carbocycles. The van der Waals surface area contributed by atoms with Crippen LogP contribution in [0.3, 0.4) is 0 Å². The molecule has 0 radical (unpaired) electrons. The fraction of sp³-hybridized carbons (Fsp3) is 0.273. The van der Waals surface area contributed by atoms with E-state index in [0.29, 0.717) is 10.0 Å². The molecule has 2 rings (SSSR count). The molecule has 0 bridgehead atoms. The van der Waals surface area contributed by atoms with E-state index >= 15 is 0 Å². The molecule has 6 heteroatoms. The van der Waals surface area contributed by atoms with Crippen molar-refractivity contribution >= 4 is 23.2 Å². The number of rotatable bonds is 5. The predicted molar refractivity (Wildman–Crippen MR) is 68.2 cm³/mol. The monoisotopic (exact) mass is 270 g/mol. The number of benzene rings is 1. The van der Waals surface area contributed by atoms with Gasteiger partial charge in [-0.15, -0.1) is 5.10 Å². The number of nitrogens with zero attached hydrogens (tertiary/aromatic N) is 3. The van der Waals surface area contributed by atoms with Crippen LogP contribution in [0.4, 0.5) is 0 Å². The molecule has 0 aliphatic heterocycles. The van der Waals surface area contributed by atoms with E-state index in [0.717, 1.165) is 25.2 Å². The van der Waals surface area contributed by atoms with Gasteiger partial charge in [0.2, 0.25) is 0 Å². The summed E-state index contributed by atoms with van der Waals surface area (Å²) in [6, 6.07) is 5.63. The van der Waals surface area contributed by atoms with Crippen LogP contribution in [0.15, 0.2) is 30.6 Å². The van der Waals surface area contributed by atoms with E-state index in [2.05, 4.69) is 15.6 Å². The maximum Gasteiger partial charge on any atom is 0.0692 e. The van der Waals surface area contributed by atoms with Gasteiger partial charge in [0.1, 0.15) is 0 Å². The first-order valence-electron chi connectivity index (χ1n) is 5.24. The van der Waals surface area contributed by atoms with E-state index in [4.69, 9.17) is 23.2 Å². The number of halogens is 2. The summed E-state index contributed by atoms with van der Waals surface area (Å²) in [6.45, 7) is 2.37. The second kappa shape index (κ2) is 6.00. The lowest BCUT2D eigenvalue weighted by molar-refractivity contribution is 0.540. The van der Waals surface area contributed by atoms with Crippen LogP contribution < -0.4 is 5.32 Å². The van der Waals surface area contributed by atoms with Gasteiger partial charge in [0.25, 0.3) is 0 Å². The molecule has 2 aromatic rings. The summed E-state index contributed by atoms with van der Waals surface area (Å²) in [6.07, 6.45) is 3.50. The van der Waals surface area contributed by atoms with Gasteiger partial charge in [-0.2, -0.15) is 0 Å². The summed E-state index contributed by atoms with van der Waals surface area (Å²) in [5.41, 5.74) is 1.11. The lowest BCUT2D eigenvalue weighted by Gasteiger charge is -2.05. The molecule has 1 heterocycles. The molecular formula is C11H12Cl2N4. The van der Waals surface area contributed by atoms with Crippen molar-refractivity contribution in [2.75, 3.05) is 6.54 Å². The van der Waals surface area contributed by atoms with Crippen molar-refractivity contribution in [3.05, 3.63) is 46.2 Å². The average molecular weight is 271 g/mol. The highest BCUT2D eigenvalue weighted by atomic mass is 35.5. The Hall–Kier alpha value is -1.10. The van der Waals surface area contributed by atoms with E-state index in [1.165, 1.54) is 0 Å². The van der Waals surface area contributed by atoms with Gasteiger partial charge in [0.15, 0.2) is 0 Å². The van der Waals surface area contributed by atoms with Crippen LogP contribution in [0, 0.1) is 0 Å². The van der Waals surface area contributed by atoms with Gasteiger partial charge in [0, 0.05) is 19.3 Å². The summed E-state index contributed by atoms with van der Waals surface area (Å²) in [4.78, 5) is 0. The first kappa shape index (κ1) is 12.4. The molecule has 0 unspecified atom stereocenters. The SMILES string of the molecule is Clc1ccc(CNCCn2ccnn2)cc1Cl. The van der Waals surface area contributed by atoms with Crippen molar-refractivity contribution in [3.8, 4) is 0 Å². The third-order valence-electron chi connectivity index (χ3n) is 2.30. The Morgan fingerprint density at radius 3 is 2.82 bits per heavy atom. The van der Waals surface area contributed by atoms with Crippen LogP contribution in [-0.4, -0.2) is 21.5 Å². The van der Waals surface area contributed by atoms with Gasteiger partial charge in [-0.25, -0.2) is 0 Å². The van der Waals surface area contributed by atoms with Crippen LogP contribution in [0.5, 0.6) is 0 Å². The highest BCUT2D eigenvalue weighted by molar-refractivity contribution is 6.42. The quantitative estimate of drug-likeness (QED) is 0.849. The number of aromatic nitrogens is 3. The minimum absolute atomic E-state index is 0.582. The Kier molecular flexibility index (Phi) is 4.36. The van der Waals surface area contributed by atoms with E-state index in [1.54, 1.807) is 16.9 Å². The topological polar surface area (TPSA) is 42.7 Å². The summed E-state index contributed by atoms with van der Waals surface area (Å²) in [5, 5.41) is 12.1. The largest absolute Gasteiger partial charge is 0.311 e. The van der Waals surface area contributed by atoms with Crippen molar-refractivity contribution in [2.24, 2.45) is 0 Å². The first-order valence-corrected chi connectivity index (χ1v) is 6.00.